The van der Waals surface area contributed by atoms with Crippen molar-refractivity contribution in [2.24, 2.45) is 0 Å². The van der Waals surface area contributed by atoms with E-state index < -0.39 is 0 Å². The molecule has 5 heteroatoms. The van der Waals surface area contributed by atoms with Gasteiger partial charge >= 0.3 is 0 Å². The van der Waals surface area contributed by atoms with Gasteiger partial charge in [0.25, 0.3) is 5.91 Å². The number of ether oxygens (including phenoxy) is 2. The summed E-state index contributed by atoms with van der Waals surface area (Å²) in [6.45, 7) is 2.26. The van der Waals surface area contributed by atoms with E-state index in [4.69, 9.17) is 9.47 Å². The molecular formula is C16H21NO4. The highest BCUT2D eigenvalue weighted by atomic mass is 16.5. The van der Waals surface area contributed by atoms with E-state index in [-0.39, 0.29) is 17.7 Å². The van der Waals surface area contributed by atoms with Gasteiger partial charge in [-0.05, 0) is 31.9 Å². The van der Waals surface area contributed by atoms with Crippen LogP contribution in [0.2, 0.25) is 0 Å². The van der Waals surface area contributed by atoms with Crippen LogP contribution in [0.1, 0.15) is 36.5 Å². The second-order valence-corrected chi connectivity index (χ2v) is 5.30. The van der Waals surface area contributed by atoms with Crippen molar-refractivity contribution in [3.63, 3.8) is 0 Å². The number of likely N-dealkylation sites (tertiary alicyclic amines) is 1. The topological polar surface area (TPSA) is 55.8 Å². The SMILES string of the molecule is COc1cc(OC)cc(C(=O)N2CCCC2CC(C)=O)c1. The Morgan fingerprint density at radius 3 is 2.33 bits per heavy atom. The molecule has 0 spiro atoms. The molecule has 1 amide bonds. The fourth-order valence-electron chi connectivity index (χ4n) is 2.74. The number of carbonyl (C=O) groups is 2. The molecule has 1 aromatic carbocycles. The molecule has 114 valence electrons. The Morgan fingerprint density at radius 2 is 1.81 bits per heavy atom. The number of methoxy groups -OCH3 is 2. The van der Waals surface area contributed by atoms with Gasteiger partial charge in [0.05, 0.1) is 14.2 Å². The zero-order valence-electron chi connectivity index (χ0n) is 12.7. The van der Waals surface area contributed by atoms with E-state index in [2.05, 4.69) is 0 Å². The smallest absolute Gasteiger partial charge is 0.254 e. The number of hydrogen-bond donors (Lipinski definition) is 0. The van der Waals surface area contributed by atoms with Gasteiger partial charge in [0.15, 0.2) is 0 Å². The number of nitrogens with zero attached hydrogens (tertiary/aromatic N) is 1. The first-order valence-corrected chi connectivity index (χ1v) is 7.08. The number of amides is 1. The minimum absolute atomic E-state index is 0.00666. The van der Waals surface area contributed by atoms with Gasteiger partial charge in [0.1, 0.15) is 17.3 Å². The maximum atomic E-state index is 12.7. The first-order chi connectivity index (χ1) is 10.0. The lowest BCUT2D eigenvalue weighted by molar-refractivity contribution is -0.117. The van der Waals surface area contributed by atoms with Crippen LogP contribution in [-0.2, 0) is 4.79 Å². The Balaban J connectivity index is 2.24. The molecule has 1 unspecified atom stereocenters. The van der Waals surface area contributed by atoms with Crippen LogP contribution in [0, 0.1) is 0 Å². The lowest BCUT2D eigenvalue weighted by Gasteiger charge is -2.24. The summed E-state index contributed by atoms with van der Waals surface area (Å²) in [5.74, 6) is 1.21. The third-order valence-electron chi connectivity index (χ3n) is 3.76. The van der Waals surface area contributed by atoms with E-state index >= 15 is 0 Å². The molecule has 2 rings (SSSR count). The van der Waals surface area contributed by atoms with Crippen molar-refractivity contribution in [3.05, 3.63) is 23.8 Å². The molecular weight excluding hydrogens is 270 g/mol. The summed E-state index contributed by atoms with van der Waals surface area (Å²) in [5, 5.41) is 0. The van der Waals surface area contributed by atoms with Crippen molar-refractivity contribution in [1.82, 2.24) is 4.90 Å². The molecule has 1 fully saturated rings. The second-order valence-electron chi connectivity index (χ2n) is 5.30. The normalized spacial score (nSPS) is 17.7. The number of rotatable bonds is 5. The summed E-state index contributed by atoms with van der Waals surface area (Å²) in [4.78, 5) is 25.8. The minimum Gasteiger partial charge on any atom is -0.497 e. The van der Waals surface area contributed by atoms with Crippen LogP contribution in [0.4, 0.5) is 0 Å². The summed E-state index contributed by atoms with van der Waals surface area (Å²) in [6, 6.07) is 5.14. The summed E-state index contributed by atoms with van der Waals surface area (Å²) in [5.41, 5.74) is 0.529. The third kappa shape index (κ3) is 3.54. The highest BCUT2D eigenvalue weighted by molar-refractivity contribution is 5.95. The Hall–Kier alpha value is -2.04. The second kappa shape index (κ2) is 6.61. The molecule has 1 heterocycles. The van der Waals surface area contributed by atoms with E-state index in [1.807, 2.05) is 0 Å². The Morgan fingerprint density at radius 1 is 1.19 bits per heavy atom. The molecule has 0 N–H and O–H groups in total. The van der Waals surface area contributed by atoms with Gasteiger partial charge < -0.3 is 14.4 Å². The van der Waals surface area contributed by atoms with E-state index in [1.165, 1.54) is 0 Å². The summed E-state index contributed by atoms with van der Waals surface area (Å²) in [6.07, 6.45) is 2.24. The van der Waals surface area contributed by atoms with Gasteiger partial charge in [-0.1, -0.05) is 0 Å². The van der Waals surface area contributed by atoms with Crippen molar-refractivity contribution in [1.29, 1.82) is 0 Å². The highest BCUT2D eigenvalue weighted by Gasteiger charge is 2.30. The van der Waals surface area contributed by atoms with Crippen molar-refractivity contribution >= 4 is 11.7 Å². The van der Waals surface area contributed by atoms with Crippen LogP contribution in [0.25, 0.3) is 0 Å². The molecule has 1 atom stereocenters. The largest absolute Gasteiger partial charge is 0.497 e. The number of hydrogen-bond acceptors (Lipinski definition) is 4. The van der Waals surface area contributed by atoms with Crippen molar-refractivity contribution < 1.29 is 19.1 Å². The van der Waals surface area contributed by atoms with Gasteiger partial charge in [0, 0.05) is 30.6 Å². The maximum Gasteiger partial charge on any atom is 0.254 e. The van der Waals surface area contributed by atoms with E-state index in [0.717, 1.165) is 12.8 Å². The lowest BCUT2D eigenvalue weighted by atomic mass is 10.1. The molecule has 0 bridgehead atoms. The van der Waals surface area contributed by atoms with Crippen LogP contribution in [0.5, 0.6) is 11.5 Å². The quantitative estimate of drug-likeness (QED) is 0.835. The van der Waals surface area contributed by atoms with Crippen molar-refractivity contribution in [3.8, 4) is 11.5 Å². The first kappa shape index (κ1) is 15.4. The number of Topliss-reactive ketones (excluding diaryl/α,β-unsaturated/α-hetero) is 1. The highest BCUT2D eigenvalue weighted by Crippen LogP contribution is 2.27. The predicted octanol–water partition coefficient (Wildman–Crippen LogP) is 2.29. The Labute approximate surface area is 124 Å². The monoisotopic (exact) mass is 291 g/mol. The molecule has 0 radical (unpaired) electrons. The first-order valence-electron chi connectivity index (χ1n) is 7.08. The third-order valence-corrected chi connectivity index (χ3v) is 3.76. The van der Waals surface area contributed by atoms with Crippen LogP contribution < -0.4 is 9.47 Å². The molecule has 21 heavy (non-hydrogen) atoms. The van der Waals surface area contributed by atoms with Gasteiger partial charge in [-0.3, -0.25) is 9.59 Å². The standard InChI is InChI=1S/C16H21NO4/c1-11(18)7-13-5-4-6-17(13)16(19)12-8-14(20-2)10-15(9-12)21-3/h8-10,13H,4-7H2,1-3H3. The van der Waals surface area contributed by atoms with Crippen LogP contribution in [0.15, 0.2) is 18.2 Å². The Bertz CT molecular complexity index is 519. The predicted molar refractivity (Wildman–Crippen MR) is 78.9 cm³/mol. The molecule has 1 saturated heterocycles. The van der Waals surface area contributed by atoms with Crippen LogP contribution in [-0.4, -0.2) is 43.4 Å². The average molecular weight is 291 g/mol. The van der Waals surface area contributed by atoms with Crippen molar-refractivity contribution in [2.75, 3.05) is 20.8 Å². The molecule has 0 aliphatic carbocycles. The zero-order valence-corrected chi connectivity index (χ0v) is 12.7. The summed E-state index contributed by atoms with van der Waals surface area (Å²) >= 11 is 0. The lowest BCUT2D eigenvalue weighted by Crippen LogP contribution is -2.36. The molecule has 5 nitrogen and oxygen atoms in total. The Kier molecular flexibility index (Phi) is 4.83. The zero-order chi connectivity index (χ0) is 15.4. The van der Waals surface area contributed by atoms with E-state index in [9.17, 15) is 9.59 Å². The maximum absolute atomic E-state index is 12.7. The van der Waals surface area contributed by atoms with E-state index in [0.29, 0.717) is 30.0 Å². The molecule has 1 aliphatic heterocycles. The number of benzene rings is 1. The van der Waals surface area contributed by atoms with Gasteiger partial charge in [-0.25, -0.2) is 0 Å². The van der Waals surface area contributed by atoms with Gasteiger partial charge in [-0.15, -0.1) is 0 Å². The fraction of sp³-hybridized carbons (Fsp3) is 0.500. The summed E-state index contributed by atoms with van der Waals surface area (Å²) in [7, 11) is 3.11. The number of carbonyl (C=O) groups excluding carboxylic acids is 2. The number of ketones is 1. The molecule has 1 aromatic rings. The van der Waals surface area contributed by atoms with Gasteiger partial charge in [-0.2, -0.15) is 0 Å². The fourth-order valence-corrected chi connectivity index (χ4v) is 2.74. The molecule has 1 aliphatic rings. The average Bonchev–Trinajstić information content (AvgIpc) is 2.93. The minimum atomic E-state index is -0.0732. The van der Waals surface area contributed by atoms with Crippen molar-refractivity contribution in [2.45, 2.75) is 32.2 Å². The van der Waals surface area contributed by atoms with E-state index in [1.54, 1.807) is 44.2 Å². The molecule has 0 aromatic heterocycles. The van der Waals surface area contributed by atoms with Crippen LogP contribution >= 0.6 is 0 Å². The molecule has 0 saturated carbocycles. The van der Waals surface area contributed by atoms with Gasteiger partial charge in [0.2, 0.25) is 0 Å². The van der Waals surface area contributed by atoms with Crippen LogP contribution in [0.3, 0.4) is 0 Å². The summed E-state index contributed by atoms with van der Waals surface area (Å²) < 4.78 is 10.4.